The van der Waals surface area contributed by atoms with E-state index in [1.807, 2.05) is 19.9 Å². The van der Waals surface area contributed by atoms with E-state index in [1.54, 1.807) is 37.3 Å². The molecule has 2 atom stereocenters. The lowest BCUT2D eigenvalue weighted by Crippen LogP contribution is -2.30. The molecule has 2 fully saturated rings. The predicted octanol–water partition coefficient (Wildman–Crippen LogP) is 4.09. The van der Waals surface area contributed by atoms with Crippen LogP contribution >= 0.6 is 0 Å². The number of anilines is 1. The third kappa shape index (κ3) is 4.11. The molecular formula is C24H28N2O4S. The van der Waals surface area contributed by atoms with Crippen LogP contribution in [-0.2, 0) is 26.2 Å². The van der Waals surface area contributed by atoms with Gasteiger partial charge in [0.15, 0.2) is 0 Å². The van der Waals surface area contributed by atoms with Gasteiger partial charge in [-0.05, 0) is 74.1 Å². The van der Waals surface area contributed by atoms with Crippen molar-refractivity contribution >= 4 is 27.5 Å². The quantitative estimate of drug-likeness (QED) is 0.710. The smallest absolute Gasteiger partial charge is 0.262 e. The second-order valence-corrected chi connectivity index (χ2v) is 10.4. The highest BCUT2D eigenvalue weighted by Gasteiger charge is 2.47. The lowest BCUT2D eigenvalue weighted by atomic mass is 9.81. The lowest BCUT2D eigenvalue weighted by Gasteiger charge is -2.19. The van der Waals surface area contributed by atoms with Crippen LogP contribution in [0.3, 0.4) is 0 Å². The number of fused-ring (bicyclic) bond motifs is 1. The maximum atomic E-state index is 13.1. The SMILES string of the molecule is Cc1ccc(NS(=O)(=O)c2cc(CN3C(=O)[C@@H]4CCCC[C@H]4C3=O)ccc2C)cc1C. The van der Waals surface area contributed by atoms with E-state index in [4.69, 9.17) is 0 Å². The van der Waals surface area contributed by atoms with Gasteiger partial charge in [0.25, 0.3) is 10.0 Å². The molecular weight excluding hydrogens is 412 g/mol. The molecule has 0 radical (unpaired) electrons. The normalized spacial score (nSPS) is 21.3. The first-order chi connectivity index (χ1) is 14.7. The van der Waals surface area contributed by atoms with Gasteiger partial charge in [0.2, 0.25) is 11.8 Å². The molecule has 2 aromatic carbocycles. The molecule has 7 heteroatoms. The zero-order valence-corrected chi connectivity index (χ0v) is 19.0. The highest BCUT2D eigenvalue weighted by atomic mass is 32.2. The van der Waals surface area contributed by atoms with E-state index in [0.29, 0.717) is 16.8 Å². The van der Waals surface area contributed by atoms with E-state index in [1.165, 1.54) is 4.90 Å². The number of hydrogen-bond donors (Lipinski definition) is 1. The Balaban J connectivity index is 1.59. The van der Waals surface area contributed by atoms with Gasteiger partial charge in [-0.3, -0.25) is 19.2 Å². The topological polar surface area (TPSA) is 83.6 Å². The predicted molar refractivity (Wildman–Crippen MR) is 119 cm³/mol. The zero-order chi connectivity index (χ0) is 22.3. The largest absolute Gasteiger partial charge is 0.280 e. The summed E-state index contributed by atoms with van der Waals surface area (Å²) in [5.41, 5.74) is 3.82. The Hall–Kier alpha value is -2.67. The van der Waals surface area contributed by atoms with E-state index >= 15 is 0 Å². The molecule has 1 saturated heterocycles. The average molecular weight is 441 g/mol. The fourth-order valence-electron chi connectivity index (χ4n) is 4.62. The van der Waals surface area contributed by atoms with Gasteiger partial charge in [-0.15, -0.1) is 0 Å². The number of carbonyl (C=O) groups excluding carboxylic acids is 2. The van der Waals surface area contributed by atoms with Gasteiger partial charge in [0, 0.05) is 5.69 Å². The number of hydrogen-bond acceptors (Lipinski definition) is 4. The van der Waals surface area contributed by atoms with Gasteiger partial charge in [0.1, 0.15) is 0 Å². The molecule has 0 unspecified atom stereocenters. The summed E-state index contributed by atoms with van der Waals surface area (Å²) in [4.78, 5) is 27.0. The summed E-state index contributed by atoms with van der Waals surface area (Å²) in [7, 11) is -3.82. The van der Waals surface area contributed by atoms with Gasteiger partial charge in [-0.25, -0.2) is 8.42 Å². The van der Waals surface area contributed by atoms with E-state index in [0.717, 1.165) is 36.8 Å². The number of nitrogens with zero attached hydrogens (tertiary/aromatic N) is 1. The van der Waals surface area contributed by atoms with Crippen molar-refractivity contribution < 1.29 is 18.0 Å². The van der Waals surface area contributed by atoms with Crippen molar-refractivity contribution in [2.45, 2.75) is 57.9 Å². The third-order valence-electron chi connectivity index (χ3n) is 6.57. The van der Waals surface area contributed by atoms with Crippen LogP contribution in [0, 0.1) is 32.6 Å². The number of carbonyl (C=O) groups is 2. The standard InChI is InChI=1S/C24H28N2O4S/c1-15-9-11-19(12-17(15)3)25-31(29,30)22-13-18(10-8-16(22)2)14-26-23(27)20-6-4-5-7-21(20)24(26)28/h8-13,20-21,25H,4-7,14H2,1-3H3/t20-,21-/m1/s1. The molecule has 0 spiro atoms. The Bertz CT molecular complexity index is 1130. The minimum absolute atomic E-state index is 0.108. The molecule has 2 aliphatic rings. The number of likely N-dealkylation sites (tertiary alicyclic amines) is 1. The second kappa shape index (κ2) is 8.11. The van der Waals surface area contributed by atoms with Crippen LogP contribution in [-0.4, -0.2) is 25.1 Å². The number of amides is 2. The Morgan fingerprint density at radius 3 is 2.10 bits per heavy atom. The summed E-state index contributed by atoms with van der Waals surface area (Å²) in [5.74, 6) is -0.649. The summed E-state index contributed by atoms with van der Waals surface area (Å²) < 4.78 is 28.8. The first kappa shape index (κ1) is 21.6. The first-order valence-corrected chi connectivity index (χ1v) is 12.2. The molecule has 2 amide bonds. The fourth-order valence-corrected chi connectivity index (χ4v) is 5.96. The van der Waals surface area contributed by atoms with Gasteiger partial charge in [-0.1, -0.05) is 31.0 Å². The summed E-state index contributed by atoms with van der Waals surface area (Å²) in [6, 6.07) is 10.5. The van der Waals surface area contributed by atoms with Crippen LogP contribution in [0.2, 0.25) is 0 Å². The van der Waals surface area contributed by atoms with Crippen LogP contribution in [0.5, 0.6) is 0 Å². The summed E-state index contributed by atoms with van der Waals surface area (Å²) in [5, 5.41) is 0. The number of rotatable bonds is 5. The average Bonchev–Trinajstić information content (AvgIpc) is 2.97. The van der Waals surface area contributed by atoms with E-state index in [-0.39, 0.29) is 35.1 Å². The number of nitrogens with one attached hydrogen (secondary N) is 1. The Kier molecular flexibility index (Phi) is 5.64. The molecule has 1 heterocycles. The lowest BCUT2D eigenvalue weighted by molar-refractivity contribution is -0.140. The molecule has 0 bridgehead atoms. The maximum Gasteiger partial charge on any atom is 0.262 e. The summed E-state index contributed by atoms with van der Waals surface area (Å²) in [6.45, 7) is 5.75. The summed E-state index contributed by atoms with van der Waals surface area (Å²) in [6.07, 6.45) is 3.48. The second-order valence-electron chi connectivity index (χ2n) is 8.76. The molecule has 2 aromatic rings. The molecule has 1 saturated carbocycles. The number of benzene rings is 2. The molecule has 1 aliphatic carbocycles. The van der Waals surface area contributed by atoms with Crippen LogP contribution < -0.4 is 4.72 Å². The van der Waals surface area contributed by atoms with Crippen molar-refractivity contribution in [3.05, 3.63) is 58.7 Å². The van der Waals surface area contributed by atoms with E-state index in [9.17, 15) is 18.0 Å². The monoisotopic (exact) mass is 440 g/mol. The number of sulfonamides is 1. The van der Waals surface area contributed by atoms with Crippen LogP contribution in [0.25, 0.3) is 0 Å². The maximum absolute atomic E-state index is 13.1. The van der Waals surface area contributed by atoms with Crippen molar-refractivity contribution in [1.29, 1.82) is 0 Å². The molecule has 4 rings (SSSR count). The Morgan fingerprint density at radius 2 is 1.48 bits per heavy atom. The molecule has 1 aliphatic heterocycles. The minimum Gasteiger partial charge on any atom is -0.280 e. The van der Waals surface area contributed by atoms with Crippen molar-refractivity contribution in [1.82, 2.24) is 4.90 Å². The minimum atomic E-state index is -3.82. The van der Waals surface area contributed by atoms with Crippen LogP contribution in [0.4, 0.5) is 5.69 Å². The van der Waals surface area contributed by atoms with Crippen molar-refractivity contribution in [3.63, 3.8) is 0 Å². The zero-order valence-electron chi connectivity index (χ0n) is 18.1. The highest BCUT2D eigenvalue weighted by Crippen LogP contribution is 2.38. The Morgan fingerprint density at radius 1 is 0.871 bits per heavy atom. The summed E-state index contributed by atoms with van der Waals surface area (Å²) >= 11 is 0. The van der Waals surface area contributed by atoms with Crippen LogP contribution in [0.1, 0.15) is 47.9 Å². The van der Waals surface area contributed by atoms with E-state index < -0.39 is 10.0 Å². The van der Waals surface area contributed by atoms with Gasteiger partial charge >= 0.3 is 0 Å². The third-order valence-corrected chi connectivity index (χ3v) is 8.10. The highest BCUT2D eigenvalue weighted by molar-refractivity contribution is 7.92. The molecule has 0 aromatic heterocycles. The van der Waals surface area contributed by atoms with Crippen LogP contribution in [0.15, 0.2) is 41.3 Å². The van der Waals surface area contributed by atoms with Crippen molar-refractivity contribution in [2.75, 3.05) is 4.72 Å². The Labute approximate surface area is 183 Å². The van der Waals surface area contributed by atoms with Gasteiger partial charge in [0.05, 0.1) is 23.3 Å². The molecule has 1 N–H and O–H groups in total. The number of imide groups is 1. The molecule has 164 valence electrons. The van der Waals surface area contributed by atoms with E-state index in [2.05, 4.69) is 4.72 Å². The first-order valence-electron chi connectivity index (χ1n) is 10.7. The molecule has 6 nitrogen and oxygen atoms in total. The van der Waals surface area contributed by atoms with Gasteiger partial charge < -0.3 is 0 Å². The van der Waals surface area contributed by atoms with Crippen molar-refractivity contribution in [2.24, 2.45) is 11.8 Å². The van der Waals surface area contributed by atoms with Crippen molar-refractivity contribution in [3.8, 4) is 0 Å². The fraction of sp³-hybridized carbons (Fsp3) is 0.417. The number of aryl methyl sites for hydroxylation is 3. The molecule has 31 heavy (non-hydrogen) atoms. The van der Waals surface area contributed by atoms with Gasteiger partial charge in [-0.2, -0.15) is 0 Å².